The number of hydrogen-bond acceptors (Lipinski definition) is 6. The molecule has 1 aliphatic heterocycles. The maximum atomic E-state index is 5.89. The van der Waals surface area contributed by atoms with Gasteiger partial charge < -0.3 is 20.9 Å². The van der Waals surface area contributed by atoms with E-state index in [-0.39, 0.29) is 0 Å². The Bertz CT molecular complexity index is 533. The van der Waals surface area contributed by atoms with Crippen LogP contribution in [-0.2, 0) is 0 Å². The van der Waals surface area contributed by atoms with Gasteiger partial charge in [-0.2, -0.15) is 9.97 Å². The van der Waals surface area contributed by atoms with Gasteiger partial charge in [0.1, 0.15) is 11.6 Å². The molecule has 1 aromatic heterocycles. The maximum absolute atomic E-state index is 5.89. The summed E-state index contributed by atoms with van der Waals surface area (Å²) in [5.41, 5.74) is 7.36. The van der Waals surface area contributed by atoms with Crippen molar-refractivity contribution >= 4 is 17.6 Å². The number of aromatic nitrogens is 2. The fourth-order valence-electron chi connectivity index (χ4n) is 3.01. The highest BCUT2D eigenvalue weighted by molar-refractivity contribution is 5.53. The molecule has 3 rings (SSSR count). The van der Waals surface area contributed by atoms with Gasteiger partial charge in [0.2, 0.25) is 5.95 Å². The molecule has 0 unspecified atom stereocenters. The Morgan fingerprint density at radius 3 is 2.73 bits per heavy atom. The minimum absolute atomic E-state index is 0.344. The number of allylic oxidation sites excluding steroid dienone is 1. The summed E-state index contributed by atoms with van der Waals surface area (Å²) >= 11 is 0. The van der Waals surface area contributed by atoms with Crippen LogP contribution >= 0.6 is 0 Å². The van der Waals surface area contributed by atoms with Crippen LogP contribution in [0.3, 0.4) is 0 Å². The monoisotopic (exact) mass is 302 g/mol. The average molecular weight is 302 g/mol. The van der Waals surface area contributed by atoms with Gasteiger partial charge in [-0.1, -0.05) is 11.6 Å². The van der Waals surface area contributed by atoms with Crippen LogP contribution in [0.5, 0.6) is 0 Å². The van der Waals surface area contributed by atoms with Crippen molar-refractivity contribution in [3.8, 4) is 0 Å². The van der Waals surface area contributed by atoms with Gasteiger partial charge in [0.15, 0.2) is 0 Å². The molecule has 0 amide bonds. The number of nitrogens with two attached hydrogens (primary N) is 1. The third kappa shape index (κ3) is 3.88. The van der Waals surface area contributed by atoms with Crippen LogP contribution < -0.4 is 16.0 Å². The highest BCUT2D eigenvalue weighted by atomic mass is 15.3. The van der Waals surface area contributed by atoms with E-state index in [2.05, 4.69) is 38.2 Å². The molecule has 6 heteroatoms. The van der Waals surface area contributed by atoms with Crippen LogP contribution in [0.15, 0.2) is 17.7 Å². The van der Waals surface area contributed by atoms with Crippen LogP contribution in [0.2, 0.25) is 0 Å². The van der Waals surface area contributed by atoms with E-state index in [1.807, 2.05) is 6.07 Å². The van der Waals surface area contributed by atoms with Gasteiger partial charge in [0.25, 0.3) is 0 Å². The van der Waals surface area contributed by atoms with Crippen molar-refractivity contribution < 1.29 is 0 Å². The first-order chi connectivity index (χ1) is 10.7. The Labute approximate surface area is 132 Å². The highest BCUT2D eigenvalue weighted by Gasteiger charge is 2.16. The zero-order valence-electron chi connectivity index (χ0n) is 13.4. The van der Waals surface area contributed by atoms with Crippen LogP contribution in [0, 0.1) is 0 Å². The van der Waals surface area contributed by atoms with Crippen LogP contribution in [-0.4, -0.2) is 54.6 Å². The van der Waals surface area contributed by atoms with Crippen molar-refractivity contribution in [2.45, 2.75) is 25.7 Å². The van der Waals surface area contributed by atoms with E-state index < -0.39 is 0 Å². The van der Waals surface area contributed by atoms with Gasteiger partial charge >= 0.3 is 0 Å². The molecule has 6 nitrogen and oxygen atoms in total. The third-order valence-corrected chi connectivity index (χ3v) is 4.44. The minimum atomic E-state index is 0.344. The standard InChI is InChI=1S/C16H26N6/c1-21-7-9-22(10-8-21)15-11-14(19-16(17)20-15)18-12-13-5-3-2-4-6-13/h5,11H,2-4,6-10,12H2,1H3,(H3,17,18,19,20). The van der Waals surface area contributed by atoms with Gasteiger partial charge in [0, 0.05) is 38.8 Å². The average Bonchev–Trinajstić information content (AvgIpc) is 2.54. The summed E-state index contributed by atoms with van der Waals surface area (Å²) in [5, 5.41) is 3.41. The Hall–Kier alpha value is -1.82. The summed E-state index contributed by atoms with van der Waals surface area (Å²) in [4.78, 5) is 13.3. The van der Waals surface area contributed by atoms with Crippen LogP contribution in [0.1, 0.15) is 25.7 Å². The van der Waals surface area contributed by atoms with Gasteiger partial charge in [-0.15, -0.1) is 0 Å². The second-order valence-corrected chi connectivity index (χ2v) is 6.22. The number of nitrogens with one attached hydrogen (secondary N) is 1. The summed E-state index contributed by atoms with van der Waals surface area (Å²) < 4.78 is 0. The summed E-state index contributed by atoms with van der Waals surface area (Å²) in [7, 11) is 2.15. The fourth-order valence-corrected chi connectivity index (χ4v) is 3.01. The Morgan fingerprint density at radius 1 is 1.18 bits per heavy atom. The molecule has 2 heterocycles. The number of piperazine rings is 1. The molecule has 1 aromatic rings. The van der Waals surface area contributed by atoms with E-state index in [4.69, 9.17) is 5.73 Å². The molecule has 2 aliphatic rings. The molecular formula is C16H26N6. The Balaban J connectivity index is 1.65. The van der Waals surface area contributed by atoms with Crippen molar-refractivity contribution in [1.29, 1.82) is 0 Å². The second-order valence-electron chi connectivity index (χ2n) is 6.22. The minimum Gasteiger partial charge on any atom is -0.368 e. The van der Waals surface area contributed by atoms with Crippen molar-refractivity contribution in [1.82, 2.24) is 14.9 Å². The first-order valence-electron chi connectivity index (χ1n) is 8.20. The molecule has 22 heavy (non-hydrogen) atoms. The molecule has 120 valence electrons. The smallest absolute Gasteiger partial charge is 0.223 e. The summed E-state index contributed by atoms with van der Waals surface area (Å²) in [6.45, 7) is 4.94. The predicted octanol–water partition coefficient (Wildman–Crippen LogP) is 1.72. The second kappa shape index (κ2) is 6.96. The fraction of sp³-hybridized carbons (Fsp3) is 0.625. The van der Waals surface area contributed by atoms with Crippen molar-refractivity contribution in [2.24, 2.45) is 0 Å². The molecule has 1 saturated heterocycles. The topological polar surface area (TPSA) is 70.3 Å². The third-order valence-electron chi connectivity index (χ3n) is 4.44. The van der Waals surface area contributed by atoms with Gasteiger partial charge in [-0.25, -0.2) is 0 Å². The molecular weight excluding hydrogens is 276 g/mol. The lowest BCUT2D eigenvalue weighted by atomic mass is 10.00. The van der Waals surface area contributed by atoms with Gasteiger partial charge in [-0.05, 0) is 32.7 Å². The maximum Gasteiger partial charge on any atom is 0.223 e. The largest absolute Gasteiger partial charge is 0.368 e. The molecule has 0 spiro atoms. The van der Waals surface area contributed by atoms with Crippen LogP contribution in [0.4, 0.5) is 17.6 Å². The highest BCUT2D eigenvalue weighted by Crippen LogP contribution is 2.21. The van der Waals surface area contributed by atoms with E-state index in [9.17, 15) is 0 Å². The van der Waals surface area contributed by atoms with Gasteiger partial charge in [0.05, 0.1) is 0 Å². The van der Waals surface area contributed by atoms with Crippen molar-refractivity contribution in [2.75, 3.05) is 55.7 Å². The molecule has 0 atom stereocenters. The zero-order valence-corrected chi connectivity index (χ0v) is 13.4. The number of rotatable bonds is 4. The first kappa shape index (κ1) is 15.1. The molecule has 1 aliphatic carbocycles. The molecule has 1 fully saturated rings. The normalized spacial score (nSPS) is 19.9. The lowest BCUT2D eigenvalue weighted by Crippen LogP contribution is -2.44. The van der Waals surface area contributed by atoms with E-state index in [0.717, 1.165) is 44.4 Å². The Kier molecular flexibility index (Phi) is 4.77. The molecule has 0 bridgehead atoms. The number of hydrogen-bond donors (Lipinski definition) is 2. The summed E-state index contributed by atoms with van der Waals surface area (Å²) in [5.74, 6) is 2.10. The van der Waals surface area contributed by atoms with E-state index >= 15 is 0 Å². The lowest BCUT2D eigenvalue weighted by molar-refractivity contribution is 0.312. The quantitative estimate of drug-likeness (QED) is 0.825. The summed E-state index contributed by atoms with van der Waals surface area (Å²) in [6.07, 6.45) is 7.36. The van der Waals surface area contributed by atoms with E-state index in [0.29, 0.717) is 5.95 Å². The van der Waals surface area contributed by atoms with E-state index in [1.54, 1.807) is 0 Å². The molecule has 0 radical (unpaired) electrons. The van der Waals surface area contributed by atoms with E-state index in [1.165, 1.54) is 31.3 Å². The molecule has 0 saturated carbocycles. The van der Waals surface area contributed by atoms with Crippen molar-refractivity contribution in [3.05, 3.63) is 17.7 Å². The molecule has 3 N–H and O–H groups in total. The van der Waals surface area contributed by atoms with Gasteiger partial charge in [-0.3, -0.25) is 0 Å². The number of anilines is 3. The summed E-state index contributed by atoms with van der Waals surface area (Å²) in [6, 6.07) is 2.02. The number of nitrogens with zero attached hydrogens (tertiary/aromatic N) is 4. The Morgan fingerprint density at radius 2 is 2.00 bits per heavy atom. The zero-order chi connectivity index (χ0) is 15.4. The lowest BCUT2D eigenvalue weighted by Gasteiger charge is -2.33. The molecule has 0 aromatic carbocycles. The first-order valence-corrected chi connectivity index (χ1v) is 8.20. The number of likely N-dealkylation sites (N-methyl/N-ethyl adjacent to an activating group) is 1. The van der Waals surface area contributed by atoms with Crippen molar-refractivity contribution in [3.63, 3.8) is 0 Å². The number of nitrogen functional groups attached to an aromatic ring is 1. The SMILES string of the molecule is CN1CCN(c2cc(NCC3=CCCCC3)nc(N)n2)CC1. The predicted molar refractivity (Wildman–Crippen MR) is 91.2 cm³/mol. The van der Waals surface area contributed by atoms with Crippen LogP contribution in [0.25, 0.3) is 0 Å².